The van der Waals surface area contributed by atoms with Crippen LogP contribution in [0.5, 0.6) is 0 Å². The van der Waals surface area contributed by atoms with Gasteiger partial charge < -0.3 is 10.4 Å². The third-order valence-electron chi connectivity index (χ3n) is 2.42. The minimum absolute atomic E-state index is 0.0376. The minimum Gasteiger partial charge on any atom is -0.478 e. The Kier molecular flexibility index (Phi) is 4.36. The highest BCUT2D eigenvalue weighted by Gasteiger charge is 2.12. The predicted molar refractivity (Wildman–Crippen MR) is 78.3 cm³/mol. The molecule has 0 fully saturated rings. The molecule has 0 radical (unpaired) electrons. The van der Waals surface area contributed by atoms with Crippen molar-refractivity contribution in [3.8, 4) is 0 Å². The molecule has 1 aromatic heterocycles. The number of carboxylic acids is 1. The number of carbonyl (C=O) groups is 2. The average molecular weight is 356 g/mol. The maximum atomic E-state index is 12.1. The normalized spacial score (nSPS) is 10.1. The fourth-order valence-electron chi connectivity index (χ4n) is 1.49. The number of nitrogens with zero attached hydrogens (tertiary/aromatic N) is 1. The van der Waals surface area contributed by atoms with Crippen molar-refractivity contribution in [2.24, 2.45) is 0 Å². The third kappa shape index (κ3) is 3.34. The lowest BCUT2D eigenvalue weighted by atomic mass is 10.2. The Bertz CT molecular complexity index is 691. The van der Waals surface area contributed by atoms with E-state index in [1.807, 2.05) is 0 Å². The van der Waals surface area contributed by atoms with E-state index >= 15 is 0 Å². The molecule has 5 nitrogen and oxygen atoms in total. The Morgan fingerprint density at radius 2 is 2.00 bits per heavy atom. The average Bonchev–Trinajstić information content (AvgIpc) is 2.41. The summed E-state index contributed by atoms with van der Waals surface area (Å²) in [5, 5.41) is 11.7. The molecule has 2 rings (SSSR count). The lowest BCUT2D eigenvalue weighted by Crippen LogP contribution is -2.14. The van der Waals surface area contributed by atoms with Crippen LogP contribution < -0.4 is 5.32 Å². The van der Waals surface area contributed by atoms with E-state index in [1.54, 1.807) is 18.2 Å². The van der Waals surface area contributed by atoms with E-state index in [9.17, 15) is 9.59 Å². The largest absolute Gasteiger partial charge is 0.478 e. The zero-order valence-electron chi connectivity index (χ0n) is 9.93. The molecule has 2 N–H and O–H groups in total. The van der Waals surface area contributed by atoms with E-state index in [0.29, 0.717) is 9.50 Å². The summed E-state index contributed by atoms with van der Waals surface area (Å²) in [5.74, 6) is -1.42. The van der Waals surface area contributed by atoms with Crippen LogP contribution in [0.2, 0.25) is 5.02 Å². The van der Waals surface area contributed by atoms with Crippen LogP contribution in [0.15, 0.2) is 41.0 Å². The van der Waals surface area contributed by atoms with Gasteiger partial charge in [0.05, 0.1) is 16.1 Å². The standard InChI is InChI=1S/C13H8BrClN2O3/c14-8-1-2-10(15)9(6-8)12(18)17-11-5-7(13(19)20)3-4-16-11/h1-6H,(H,19,20)(H,16,17,18). The van der Waals surface area contributed by atoms with Crippen molar-refractivity contribution < 1.29 is 14.7 Å². The lowest BCUT2D eigenvalue weighted by molar-refractivity contribution is 0.0696. The summed E-state index contributed by atoms with van der Waals surface area (Å²) in [6.07, 6.45) is 1.31. The minimum atomic E-state index is -1.09. The molecule has 102 valence electrons. The fourth-order valence-corrected chi connectivity index (χ4v) is 2.05. The van der Waals surface area contributed by atoms with Gasteiger partial charge in [-0.3, -0.25) is 4.79 Å². The molecule has 2 aromatic rings. The van der Waals surface area contributed by atoms with E-state index < -0.39 is 11.9 Å². The van der Waals surface area contributed by atoms with Gasteiger partial charge >= 0.3 is 5.97 Å². The van der Waals surface area contributed by atoms with Crippen molar-refractivity contribution >= 4 is 45.2 Å². The molecule has 0 saturated carbocycles. The predicted octanol–water partition coefficient (Wildman–Crippen LogP) is 3.45. The van der Waals surface area contributed by atoms with E-state index in [-0.39, 0.29) is 16.9 Å². The molecule has 1 heterocycles. The fraction of sp³-hybridized carbons (Fsp3) is 0. The van der Waals surface area contributed by atoms with Crippen molar-refractivity contribution in [1.29, 1.82) is 0 Å². The number of hydrogen-bond donors (Lipinski definition) is 2. The van der Waals surface area contributed by atoms with Gasteiger partial charge in [-0.15, -0.1) is 0 Å². The smallest absolute Gasteiger partial charge is 0.335 e. The Morgan fingerprint density at radius 3 is 2.70 bits per heavy atom. The van der Waals surface area contributed by atoms with Gasteiger partial charge in [0.25, 0.3) is 5.91 Å². The first kappa shape index (κ1) is 14.5. The number of rotatable bonds is 3. The summed E-state index contributed by atoms with van der Waals surface area (Å²) in [6, 6.07) is 7.47. The second-order valence-electron chi connectivity index (χ2n) is 3.81. The maximum Gasteiger partial charge on any atom is 0.335 e. The number of benzene rings is 1. The van der Waals surface area contributed by atoms with Crippen molar-refractivity contribution in [2.75, 3.05) is 5.32 Å². The van der Waals surface area contributed by atoms with Gasteiger partial charge in [0.15, 0.2) is 0 Å². The molecule has 0 unspecified atom stereocenters. The first-order chi connectivity index (χ1) is 9.47. The quantitative estimate of drug-likeness (QED) is 0.884. The number of aromatic nitrogens is 1. The van der Waals surface area contributed by atoms with Crippen LogP contribution in [0.3, 0.4) is 0 Å². The van der Waals surface area contributed by atoms with Gasteiger partial charge in [-0.1, -0.05) is 27.5 Å². The van der Waals surface area contributed by atoms with Crippen molar-refractivity contribution in [2.45, 2.75) is 0 Å². The third-order valence-corrected chi connectivity index (χ3v) is 3.24. The van der Waals surface area contributed by atoms with E-state index in [1.165, 1.54) is 18.3 Å². The Labute approximate surface area is 127 Å². The topological polar surface area (TPSA) is 79.3 Å². The zero-order chi connectivity index (χ0) is 14.7. The molecule has 1 amide bonds. The Balaban J connectivity index is 2.25. The van der Waals surface area contributed by atoms with E-state index in [0.717, 1.165) is 0 Å². The highest BCUT2D eigenvalue weighted by molar-refractivity contribution is 9.10. The summed E-state index contributed by atoms with van der Waals surface area (Å²) in [5.41, 5.74) is 0.305. The number of carboxylic acid groups (broad SMARTS) is 1. The number of carbonyl (C=O) groups excluding carboxylic acids is 1. The van der Waals surface area contributed by atoms with Crippen molar-refractivity contribution in [1.82, 2.24) is 4.98 Å². The van der Waals surface area contributed by atoms with Gasteiger partial charge in [-0.25, -0.2) is 9.78 Å². The highest BCUT2D eigenvalue weighted by Crippen LogP contribution is 2.22. The number of nitrogens with one attached hydrogen (secondary N) is 1. The van der Waals surface area contributed by atoms with E-state index in [4.69, 9.17) is 16.7 Å². The number of hydrogen-bond acceptors (Lipinski definition) is 3. The molecule has 0 bridgehead atoms. The maximum absolute atomic E-state index is 12.1. The number of halogens is 2. The molecule has 1 aromatic carbocycles. The van der Waals surface area contributed by atoms with Crippen LogP contribution >= 0.6 is 27.5 Å². The first-order valence-electron chi connectivity index (χ1n) is 5.43. The molecular weight excluding hydrogens is 348 g/mol. The number of aromatic carboxylic acids is 1. The van der Waals surface area contributed by atoms with Crippen LogP contribution in [0.1, 0.15) is 20.7 Å². The van der Waals surface area contributed by atoms with Gasteiger partial charge in [0, 0.05) is 10.7 Å². The second-order valence-corrected chi connectivity index (χ2v) is 5.14. The van der Waals surface area contributed by atoms with Crippen LogP contribution in [-0.2, 0) is 0 Å². The summed E-state index contributed by atoms with van der Waals surface area (Å²) in [7, 11) is 0. The summed E-state index contributed by atoms with van der Waals surface area (Å²) >= 11 is 9.19. The molecule has 0 aliphatic carbocycles. The summed E-state index contributed by atoms with van der Waals surface area (Å²) in [6.45, 7) is 0. The zero-order valence-corrected chi connectivity index (χ0v) is 12.3. The van der Waals surface area contributed by atoms with Crippen LogP contribution in [-0.4, -0.2) is 22.0 Å². The second kappa shape index (κ2) is 6.02. The lowest BCUT2D eigenvalue weighted by Gasteiger charge is -2.07. The Hall–Kier alpha value is -1.92. The monoisotopic (exact) mass is 354 g/mol. The van der Waals surface area contributed by atoms with Gasteiger partial charge in [0.1, 0.15) is 5.82 Å². The van der Waals surface area contributed by atoms with Crippen molar-refractivity contribution in [3.63, 3.8) is 0 Å². The number of amides is 1. The molecule has 0 saturated heterocycles. The molecule has 0 aliphatic heterocycles. The first-order valence-corrected chi connectivity index (χ1v) is 6.60. The van der Waals surface area contributed by atoms with Gasteiger partial charge in [-0.05, 0) is 30.3 Å². The summed E-state index contributed by atoms with van der Waals surface area (Å²) in [4.78, 5) is 26.8. The molecule has 0 aliphatic rings. The number of anilines is 1. The van der Waals surface area contributed by atoms with Crippen LogP contribution in [0.4, 0.5) is 5.82 Å². The van der Waals surface area contributed by atoms with Gasteiger partial charge in [-0.2, -0.15) is 0 Å². The molecular formula is C13H8BrClN2O3. The highest BCUT2D eigenvalue weighted by atomic mass is 79.9. The van der Waals surface area contributed by atoms with Crippen molar-refractivity contribution in [3.05, 3.63) is 57.2 Å². The van der Waals surface area contributed by atoms with Crippen LogP contribution in [0.25, 0.3) is 0 Å². The molecule has 20 heavy (non-hydrogen) atoms. The van der Waals surface area contributed by atoms with Crippen LogP contribution in [0, 0.1) is 0 Å². The van der Waals surface area contributed by atoms with Gasteiger partial charge in [0.2, 0.25) is 0 Å². The molecule has 0 spiro atoms. The molecule has 0 atom stereocenters. The SMILES string of the molecule is O=C(O)c1ccnc(NC(=O)c2cc(Br)ccc2Cl)c1. The van der Waals surface area contributed by atoms with E-state index in [2.05, 4.69) is 26.2 Å². The summed E-state index contributed by atoms with van der Waals surface area (Å²) < 4.78 is 0.708. The Morgan fingerprint density at radius 1 is 1.25 bits per heavy atom. The molecule has 7 heteroatoms. The number of pyridine rings is 1.